The van der Waals surface area contributed by atoms with Crippen LogP contribution in [0.1, 0.15) is 23.9 Å². The number of H-pyrrole nitrogens is 1. The highest BCUT2D eigenvalue weighted by atomic mass is 19.4. The Morgan fingerprint density at radius 1 is 1.22 bits per heavy atom. The molecule has 10 heteroatoms. The molecule has 1 heterocycles. The Labute approximate surface area is 151 Å². The van der Waals surface area contributed by atoms with Crippen molar-refractivity contribution in [1.82, 2.24) is 9.97 Å². The number of hydrogen-bond donors (Lipinski definition) is 1. The van der Waals surface area contributed by atoms with Crippen LogP contribution in [0.25, 0.3) is 12.2 Å². The lowest BCUT2D eigenvalue weighted by Crippen LogP contribution is -2.19. The van der Waals surface area contributed by atoms with Crippen LogP contribution in [0.2, 0.25) is 0 Å². The third kappa shape index (κ3) is 5.59. The minimum Gasteiger partial charge on any atom is -0.493 e. The van der Waals surface area contributed by atoms with Gasteiger partial charge in [0.2, 0.25) is 0 Å². The fraction of sp³-hybridized carbons (Fsp3) is 0.235. The van der Waals surface area contributed by atoms with Gasteiger partial charge in [0.25, 0.3) is 0 Å². The highest BCUT2D eigenvalue weighted by Gasteiger charge is 2.32. The Morgan fingerprint density at radius 2 is 1.96 bits per heavy atom. The lowest BCUT2D eigenvalue weighted by molar-refractivity contribution is -0.141. The van der Waals surface area contributed by atoms with Crippen molar-refractivity contribution < 1.29 is 32.2 Å². The van der Waals surface area contributed by atoms with Gasteiger partial charge in [0.05, 0.1) is 19.4 Å². The SMILES string of the molecule is CCOC(=O)Oc1ccc(C=Cc2cc(C(F)(F)F)[nH]c(=O)n2)cc1OC. The van der Waals surface area contributed by atoms with E-state index in [2.05, 4.69) is 9.72 Å². The van der Waals surface area contributed by atoms with Gasteiger partial charge in [-0.1, -0.05) is 12.1 Å². The second kappa shape index (κ2) is 8.39. The molecule has 0 aliphatic carbocycles. The molecule has 0 bridgehead atoms. The van der Waals surface area contributed by atoms with Crippen molar-refractivity contribution in [2.45, 2.75) is 13.1 Å². The predicted octanol–water partition coefficient (Wildman–Crippen LogP) is 3.50. The summed E-state index contributed by atoms with van der Waals surface area (Å²) in [5.41, 5.74) is -1.96. The van der Waals surface area contributed by atoms with Crippen molar-refractivity contribution in [2.24, 2.45) is 0 Å². The summed E-state index contributed by atoms with van der Waals surface area (Å²) in [7, 11) is 1.36. The summed E-state index contributed by atoms with van der Waals surface area (Å²) in [6.07, 6.45) is -2.92. The van der Waals surface area contributed by atoms with Crippen LogP contribution < -0.4 is 15.2 Å². The van der Waals surface area contributed by atoms with Gasteiger partial charge in [0, 0.05) is 0 Å². The van der Waals surface area contributed by atoms with E-state index in [-0.39, 0.29) is 23.8 Å². The summed E-state index contributed by atoms with van der Waals surface area (Å²) in [5, 5.41) is 0. The molecule has 0 fully saturated rings. The summed E-state index contributed by atoms with van der Waals surface area (Å²) in [6.45, 7) is 1.77. The number of aromatic nitrogens is 2. The lowest BCUT2D eigenvalue weighted by atomic mass is 10.1. The maximum Gasteiger partial charge on any atom is 0.513 e. The minimum atomic E-state index is -4.69. The maximum absolute atomic E-state index is 12.7. The van der Waals surface area contributed by atoms with E-state index in [0.29, 0.717) is 11.6 Å². The molecule has 0 amide bonds. The van der Waals surface area contributed by atoms with Crippen molar-refractivity contribution in [3.05, 3.63) is 51.7 Å². The van der Waals surface area contributed by atoms with Gasteiger partial charge in [-0.05, 0) is 36.8 Å². The van der Waals surface area contributed by atoms with Crippen LogP contribution in [0.15, 0.2) is 29.1 Å². The number of carbonyl (C=O) groups excluding carboxylic acids is 1. The second-order valence-electron chi connectivity index (χ2n) is 5.05. The zero-order valence-electron chi connectivity index (χ0n) is 14.3. The summed E-state index contributed by atoms with van der Waals surface area (Å²) in [6, 6.07) is 5.17. The number of nitrogens with one attached hydrogen (secondary N) is 1. The Kier molecular flexibility index (Phi) is 6.22. The number of methoxy groups -OCH3 is 1. The molecular weight excluding hydrogens is 369 g/mol. The lowest BCUT2D eigenvalue weighted by Gasteiger charge is -2.09. The first-order valence-electron chi connectivity index (χ1n) is 7.62. The topological polar surface area (TPSA) is 90.5 Å². The standard InChI is InChI=1S/C17H15F3N2O5/c1-3-26-16(24)27-12-7-5-10(8-13(12)25-2)4-6-11-9-14(17(18,19)20)22-15(23)21-11/h4-9H,3H2,1-2H3,(H,21,22,23). The van der Waals surface area contributed by atoms with Crippen molar-refractivity contribution in [2.75, 3.05) is 13.7 Å². The van der Waals surface area contributed by atoms with Crippen LogP contribution in [0.5, 0.6) is 11.5 Å². The monoisotopic (exact) mass is 384 g/mol. The fourth-order valence-corrected chi connectivity index (χ4v) is 2.01. The highest BCUT2D eigenvalue weighted by molar-refractivity contribution is 5.71. The van der Waals surface area contributed by atoms with Gasteiger partial charge in [-0.25, -0.2) is 9.59 Å². The summed E-state index contributed by atoms with van der Waals surface area (Å²) in [4.78, 5) is 27.8. The van der Waals surface area contributed by atoms with E-state index in [4.69, 9.17) is 9.47 Å². The number of nitrogens with zero attached hydrogens (tertiary/aromatic N) is 1. The Bertz CT molecular complexity index is 906. The van der Waals surface area contributed by atoms with Gasteiger partial charge in [0.1, 0.15) is 5.69 Å². The first-order chi connectivity index (χ1) is 12.7. The van der Waals surface area contributed by atoms with Crippen molar-refractivity contribution in [1.29, 1.82) is 0 Å². The molecule has 1 aromatic carbocycles. The van der Waals surface area contributed by atoms with Crippen LogP contribution in [0.4, 0.5) is 18.0 Å². The normalized spacial score (nSPS) is 11.4. The van der Waals surface area contributed by atoms with E-state index in [1.165, 1.54) is 37.5 Å². The summed E-state index contributed by atoms with van der Waals surface area (Å²) >= 11 is 0. The summed E-state index contributed by atoms with van der Waals surface area (Å²) < 4.78 is 52.9. The van der Waals surface area contributed by atoms with Gasteiger partial charge < -0.3 is 19.2 Å². The quantitative estimate of drug-likeness (QED) is 0.627. The van der Waals surface area contributed by atoms with Gasteiger partial charge in [-0.2, -0.15) is 18.2 Å². The molecular formula is C17H15F3N2O5. The third-order valence-electron chi connectivity index (χ3n) is 3.16. The van der Waals surface area contributed by atoms with E-state index in [0.717, 1.165) is 0 Å². The van der Waals surface area contributed by atoms with Gasteiger partial charge in [0.15, 0.2) is 11.5 Å². The zero-order valence-corrected chi connectivity index (χ0v) is 14.3. The predicted molar refractivity (Wildman–Crippen MR) is 89.4 cm³/mol. The van der Waals surface area contributed by atoms with E-state index in [1.807, 2.05) is 0 Å². The Hall–Kier alpha value is -3.30. The van der Waals surface area contributed by atoms with Crippen molar-refractivity contribution in [3.63, 3.8) is 0 Å². The molecule has 144 valence electrons. The van der Waals surface area contributed by atoms with Gasteiger partial charge >= 0.3 is 18.0 Å². The minimum absolute atomic E-state index is 0.113. The van der Waals surface area contributed by atoms with Crippen LogP contribution in [0.3, 0.4) is 0 Å². The number of rotatable bonds is 5. The van der Waals surface area contributed by atoms with Gasteiger partial charge in [-0.15, -0.1) is 0 Å². The van der Waals surface area contributed by atoms with Crippen LogP contribution in [-0.4, -0.2) is 29.8 Å². The molecule has 0 spiro atoms. The largest absolute Gasteiger partial charge is 0.513 e. The first-order valence-corrected chi connectivity index (χ1v) is 7.62. The fourth-order valence-electron chi connectivity index (χ4n) is 2.01. The summed E-state index contributed by atoms with van der Waals surface area (Å²) in [5.74, 6) is 0.321. The van der Waals surface area contributed by atoms with Crippen LogP contribution in [0, 0.1) is 0 Å². The van der Waals surface area contributed by atoms with Crippen molar-refractivity contribution in [3.8, 4) is 11.5 Å². The molecule has 0 saturated carbocycles. The molecule has 1 aromatic heterocycles. The molecule has 0 radical (unpaired) electrons. The van der Waals surface area contributed by atoms with E-state index in [9.17, 15) is 22.8 Å². The smallest absolute Gasteiger partial charge is 0.493 e. The zero-order chi connectivity index (χ0) is 20.0. The highest BCUT2D eigenvalue weighted by Crippen LogP contribution is 2.30. The maximum atomic E-state index is 12.7. The van der Waals surface area contributed by atoms with E-state index >= 15 is 0 Å². The molecule has 2 aromatic rings. The number of halogens is 3. The Morgan fingerprint density at radius 3 is 2.59 bits per heavy atom. The number of benzene rings is 1. The number of alkyl halides is 3. The Balaban J connectivity index is 2.26. The number of carbonyl (C=O) groups is 1. The molecule has 0 aliphatic heterocycles. The second-order valence-corrected chi connectivity index (χ2v) is 5.05. The number of ether oxygens (including phenoxy) is 3. The molecule has 1 N–H and O–H groups in total. The molecule has 0 unspecified atom stereocenters. The van der Waals surface area contributed by atoms with Crippen LogP contribution in [-0.2, 0) is 10.9 Å². The van der Waals surface area contributed by atoms with Crippen molar-refractivity contribution >= 4 is 18.3 Å². The third-order valence-corrected chi connectivity index (χ3v) is 3.16. The molecule has 0 atom stereocenters. The van der Waals surface area contributed by atoms with Crippen LogP contribution >= 0.6 is 0 Å². The molecule has 0 saturated heterocycles. The average Bonchev–Trinajstić information content (AvgIpc) is 2.60. The van der Waals surface area contributed by atoms with E-state index in [1.54, 1.807) is 11.9 Å². The molecule has 2 rings (SSSR count). The molecule has 27 heavy (non-hydrogen) atoms. The van der Waals surface area contributed by atoms with E-state index < -0.39 is 23.7 Å². The average molecular weight is 384 g/mol. The van der Waals surface area contributed by atoms with Gasteiger partial charge in [-0.3, -0.25) is 0 Å². The first kappa shape index (κ1) is 20.0. The molecule has 0 aliphatic rings. The number of hydrogen-bond acceptors (Lipinski definition) is 6. The molecule has 7 nitrogen and oxygen atoms in total. The number of aromatic amines is 1.